The Labute approximate surface area is 102 Å². The molecule has 4 rings (SSSR count). The summed E-state index contributed by atoms with van der Waals surface area (Å²) in [7, 11) is 0. The molecule has 0 N–H and O–H groups in total. The maximum Gasteiger partial charge on any atom is 0.162 e. The minimum Gasteiger partial charge on any atom is -0.338 e. The molecule has 0 aromatic heterocycles. The van der Waals surface area contributed by atoms with Gasteiger partial charge in [0.15, 0.2) is 4.27 Å². The van der Waals surface area contributed by atoms with Gasteiger partial charge in [-0.2, -0.15) is 0 Å². The summed E-state index contributed by atoms with van der Waals surface area (Å²) < 4.78 is 6.83. The highest BCUT2D eigenvalue weighted by Gasteiger charge is 2.66. The largest absolute Gasteiger partial charge is 0.338 e. The predicted molar refractivity (Wildman–Crippen MR) is 69.7 cm³/mol. The smallest absolute Gasteiger partial charge is 0.162 e. The highest BCUT2D eigenvalue weighted by Crippen LogP contribution is 2.79. The fraction of sp³-hybridized carbons (Fsp3) is 1.00. The van der Waals surface area contributed by atoms with Crippen LogP contribution in [0, 0.1) is 0 Å². The zero-order valence-corrected chi connectivity index (χ0v) is 12.0. The molecule has 0 aromatic carbocycles. The Morgan fingerprint density at radius 1 is 0.929 bits per heavy atom. The molecule has 0 aromatic rings. The van der Waals surface area contributed by atoms with E-state index in [9.17, 15) is 0 Å². The van der Waals surface area contributed by atoms with E-state index in [2.05, 4.69) is 39.5 Å². The fourth-order valence-electron chi connectivity index (χ4n) is 2.80. The van der Waals surface area contributed by atoms with Crippen molar-refractivity contribution < 1.29 is 4.74 Å². The van der Waals surface area contributed by atoms with E-state index in [1.54, 1.807) is 0 Å². The van der Waals surface area contributed by atoms with E-state index in [0.717, 1.165) is 6.42 Å². The Balaban J connectivity index is 2.08. The zero-order chi connectivity index (χ0) is 10.2. The molecule has 4 atom stereocenters. The molecule has 4 fully saturated rings. The molecule has 4 unspecified atom stereocenters. The SMILES string of the molecule is CC12CC3(C)SC(C)(O1)SC(C)(S2)S3. The third-order valence-electron chi connectivity index (χ3n) is 2.62. The van der Waals surface area contributed by atoms with Crippen LogP contribution in [0.4, 0.5) is 0 Å². The lowest BCUT2D eigenvalue weighted by atomic mass is 10.2. The van der Waals surface area contributed by atoms with Gasteiger partial charge in [0.25, 0.3) is 0 Å². The van der Waals surface area contributed by atoms with E-state index in [0.29, 0.717) is 7.49 Å². The Kier molecular flexibility index (Phi) is 1.96. The quantitative estimate of drug-likeness (QED) is 0.649. The number of rotatable bonds is 0. The average Bonchev–Trinajstić information content (AvgIpc) is 1.67. The molecule has 4 aliphatic heterocycles. The second kappa shape index (κ2) is 2.61. The summed E-state index contributed by atoms with van der Waals surface area (Å²) in [5.41, 5.74) is 0. The molecular formula is C9H14OS4. The van der Waals surface area contributed by atoms with E-state index in [-0.39, 0.29) is 9.20 Å². The van der Waals surface area contributed by atoms with Gasteiger partial charge in [-0.15, -0.1) is 11.8 Å². The van der Waals surface area contributed by atoms with Gasteiger partial charge in [0.1, 0.15) is 8.34 Å². The third-order valence-corrected chi connectivity index (χ3v) is 8.95. The summed E-state index contributed by atoms with van der Waals surface area (Å²) in [5, 5.41) is 0. The van der Waals surface area contributed by atoms with Crippen LogP contribution in [0.15, 0.2) is 0 Å². The minimum absolute atomic E-state index is 0.0208. The Bertz CT molecular complexity index is 210. The van der Waals surface area contributed by atoms with E-state index >= 15 is 0 Å². The van der Waals surface area contributed by atoms with Gasteiger partial charge in [-0.1, -0.05) is 35.3 Å². The topological polar surface area (TPSA) is 9.23 Å². The van der Waals surface area contributed by atoms with Crippen LogP contribution in [0.5, 0.6) is 0 Å². The first kappa shape index (κ1) is 10.5. The summed E-state index contributed by atoms with van der Waals surface area (Å²) >= 11 is 8.09. The summed E-state index contributed by atoms with van der Waals surface area (Å²) in [6.45, 7) is 9.21. The van der Waals surface area contributed by atoms with Crippen molar-refractivity contribution in [3.8, 4) is 0 Å². The van der Waals surface area contributed by atoms with Crippen molar-refractivity contribution in [2.24, 2.45) is 0 Å². The van der Waals surface area contributed by atoms with Gasteiger partial charge in [-0.25, -0.2) is 0 Å². The summed E-state index contributed by atoms with van der Waals surface area (Å²) in [4.78, 5) is 0.0417. The van der Waals surface area contributed by atoms with Gasteiger partial charge in [-0.3, -0.25) is 0 Å². The molecule has 0 amide bonds. The summed E-state index contributed by atoms with van der Waals surface area (Å²) in [6.07, 6.45) is 1.16. The van der Waals surface area contributed by atoms with Crippen LogP contribution in [-0.4, -0.2) is 16.7 Å². The van der Waals surface area contributed by atoms with Crippen molar-refractivity contribution in [3.63, 3.8) is 0 Å². The summed E-state index contributed by atoms with van der Waals surface area (Å²) in [5.74, 6) is 0. The fourth-order valence-corrected chi connectivity index (χ4v) is 14.6. The van der Waals surface area contributed by atoms with E-state index in [1.165, 1.54) is 0 Å². The Morgan fingerprint density at radius 2 is 1.64 bits per heavy atom. The van der Waals surface area contributed by atoms with Crippen molar-refractivity contribution in [2.75, 3.05) is 0 Å². The molecular weight excluding hydrogens is 252 g/mol. The third kappa shape index (κ3) is 1.46. The lowest BCUT2D eigenvalue weighted by molar-refractivity contribution is -0.00981. The number of hydrogen-bond donors (Lipinski definition) is 0. The van der Waals surface area contributed by atoms with Crippen LogP contribution in [0.3, 0.4) is 0 Å². The molecule has 80 valence electrons. The van der Waals surface area contributed by atoms with Crippen molar-refractivity contribution in [3.05, 3.63) is 0 Å². The molecule has 4 heterocycles. The highest BCUT2D eigenvalue weighted by atomic mass is 32.3. The molecule has 4 aliphatic rings. The van der Waals surface area contributed by atoms with Gasteiger partial charge < -0.3 is 4.74 Å². The van der Waals surface area contributed by atoms with Gasteiger partial charge in [0.05, 0.1) is 4.08 Å². The second-order valence-electron chi connectivity index (χ2n) is 4.68. The molecule has 0 spiro atoms. The molecule has 14 heavy (non-hydrogen) atoms. The van der Waals surface area contributed by atoms with Crippen LogP contribution in [0.2, 0.25) is 0 Å². The molecule has 1 nitrogen and oxygen atoms in total. The van der Waals surface area contributed by atoms with Gasteiger partial charge in [0, 0.05) is 6.42 Å². The first-order chi connectivity index (χ1) is 6.24. The van der Waals surface area contributed by atoms with E-state index < -0.39 is 0 Å². The maximum absolute atomic E-state index is 6.20. The van der Waals surface area contributed by atoms with E-state index in [1.807, 2.05) is 35.3 Å². The highest BCUT2D eigenvalue weighted by molar-refractivity contribution is 8.44. The molecule has 4 saturated heterocycles. The molecule has 0 aliphatic carbocycles. The molecule has 4 bridgehead atoms. The lowest BCUT2D eigenvalue weighted by Crippen LogP contribution is -2.58. The number of ether oxygens (including phenoxy) is 1. The van der Waals surface area contributed by atoms with Crippen molar-refractivity contribution in [2.45, 2.75) is 50.8 Å². The van der Waals surface area contributed by atoms with Crippen molar-refractivity contribution in [1.82, 2.24) is 0 Å². The van der Waals surface area contributed by atoms with Crippen LogP contribution < -0.4 is 0 Å². The maximum atomic E-state index is 6.20. The number of thioether (sulfide) groups is 4. The van der Waals surface area contributed by atoms with Crippen LogP contribution >= 0.6 is 47.0 Å². The zero-order valence-electron chi connectivity index (χ0n) is 8.75. The standard InChI is InChI=1S/C9H14OS4/c1-6-5-7(2)12-8(3,10-6)14-9(4,11-6)13-7/h5H2,1-4H3. The average molecular weight is 266 g/mol. The van der Waals surface area contributed by atoms with Crippen LogP contribution in [-0.2, 0) is 4.74 Å². The van der Waals surface area contributed by atoms with Crippen LogP contribution in [0.25, 0.3) is 0 Å². The Morgan fingerprint density at radius 3 is 2.14 bits per heavy atom. The van der Waals surface area contributed by atoms with Crippen molar-refractivity contribution in [1.29, 1.82) is 0 Å². The van der Waals surface area contributed by atoms with Gasteiger partial charge >= 0.3 is 0 Å². The molecule has 0 saturated carbocycles. The number of hydrogen-bond acceptors (Lipinski definition) is 5. The van der Waals surface area contributed by atoms with Crippen molar-refractivity contribution >= 4 is 47.0 Å². The predicted octanol–water partition coefficient (Wildman–Crippen LogP) is 4.15. The normalized spacial score (nSPS) is 66.0. The van der Waals surface area contributed by atoms with Gasteiger partial charge in [0.2, 0.25) is 0 Å². The molecule has 0 radical (unpaired) electrons. The second-order valence-corrected chi connectivity index (χ2v) is 13.5. The monoisotopic (exact) mass is 266 g/mol. The molecule has 5 heteroatoms. The van der Waals surface area contributed by atoms with Gasteiger partial charge in [-0.05, 0) is 27.7 Å². The Hall–Kier alpha value is 1.36. The summed E-state index contributed by atoms with van der Waals surface area (Å²) in [6, 6.07) is 0. The first-order valence-electron chi connectivity index (χ1n) is 4.75. The van der Waals surface area contributed by atoms with E-state index in [4.69, 9.17) is 4.74 Å². The van der Waals surface area contributed by atoms with Crippen LogP contribution in [0.1, 0.15) is 34.1 Å². The minimum atomic E-state index is -0.0208. The lowest BCUT2D eigenvalue weighted by Gasteiger charge is -2.64. The first-order valence-corrected chi connectivity index (χ1v) is 8.01.